The van der Waals surface area contributed by atoms with Crippen LogP contribution in [0.25, 0.3) is 11.1 Å². The van der Waals surface area contributed by atoms with E-state index in [-0.39, 0.29) is 12.5 Å². The van der Waals surface area contributed by atoms with Crippen molar-refractivity contribution in [2.24, 2.45) is 0 Å². The van der Waals surface area contributed by atoms with Crippen molar-refractivity contribution >= 4 is 11.6 Å². The molecule has 4 heteroatoms. The first kappa shape index (κ1) is 17.5. The van der Waals surface area contributed by atoms with Crippen LogP contribution in [0, 0.1) is 0 Å². The first-order valence-corrected chi connectivity index (χ1v) is 8.56. The van der Waals surface area contributed by atoms with E-state index < -0.39 is 0 Å². The molecule has 0 unspecified atom stereocenters. The molecule has 0 aromatic heterocycles. The predicted octanol–water partition coefficient (Wildman–Crippen LogP) is 4.77. The van der Waals surface area contributed by atoms with E-state index in [0.29, 0.717) is 12.4 Å². The molecule has 0 radical (unpaired) electrons. The van der Waals surface area contributed by atoms with Gasteiger partial charge in [-0.3, -0.25) is 4.79 Å². The van der Waals surface area contributed by atoms with Gasteiger partial charge in [-0.05, 0) is 42.8 Å². The SMILES string of the molecule is CCOc1ccc(OCC(=O)Nc2ccccc2-c2ccccc2)cc1. The monoisotopic (exact) mass is 347 g/mol. The number of para-hydroxylation sites is 1. The van der Waals surface area contributed by atoms with Gasteiger partial charge in [-0.15, -0.1) is 0 Å². The Morgan fingerprint density at radius 1 is 0.808 bits per heavy atom. The van der Waals surface area contributed by atoms with E-state index in [0.717, 1.165) is 22.6 Å². The fourth-order valence-corrected chi connectivity index (χ4v) is 2.60. The lowest BCUT2D eigenvalue weighted by molar-refractivity contribution is -0.118. The fraction of sp³-hybridized carbons (Fsp3) is 0.136. The topological polar surface area (TPSA) is 47.6 Å². The van der Waals surface area contributed by atoms with Gasteiger partial charge in [-0.2, -0.15) is 0 Å². The number of hydrogen-bond acceptors (Lipinski definition) is 3. The summed E-state index contributed by atoms with van der Waals surface area (Å²) >= 11 is 0. The lowest BCUT2D eigenvalue weighted by Crippen LogP contribution is -2.20. The van der Waals surface area contributed by atoms with Gasteiger partial charge < -0.3 is 14.8 Å². The summed E-state index contributed by atoms with van der Waals surface area (Å²) in [5.74, 6) is 1.20. The third-order valence-corrected chi connectivity index (χ3v) is 3.79. The van der Waals surface area contributed by atoms with Crippen molar-refractivity contribution in [3.63, 3.8) is 0 Å². The Labute approximate surface area is 153 Å². The summed E-state index contributed by atoms with van der Waals surface area (Å²) in [6, 6.07) is 24.9. The van der Waals surface area contributed by atoms with Gasteiger partial charge >= 0.3 is 0 Å². The highest BCUT2D eigenvalue weighted by molar-refractivity contribution is 5.96. The minimum atomic E-state index is -0.206. The lowest BCUT2D eigenvalue weighted by Gasteiger charge is -2.12. The summed E-state index contributed by atoms with van der Waals surface area (Å²) in [5.41, 5.74) is 2.79. The van der Waals surface area contributed by atoms with Gasteiger partial charge in [-0.1, -0.05) is 48.5 Å². The largest absolute Gasteiger partial charge is 0.494 e. The van der Waals surface area contributed by atoms with Crippen molar-refractivity contribution in [1.82, 2.24) is 0 Å². The summed E-state index contributed by atoms with van der Waals surface area (Å²) in [7, 11) is 0. The Balaban J connectivity index is 1.62. The molecule has 0 spiro atoms. The molecule has 3 aromatic rings. The number of benzene rings is 3. The number of nitrogens with one attached hydrogen (secondary N) is 1. The maximum Gasteiger partial charge on any atom is 0.262 e. The molecule has 0 aliphatic heterocycles. The Morgan fingerprint density at radius 3 is 2.12 bits per heavy atom. The maximum atomic E-state index is 12.3. The van der Waals surface area contributed by atoms with E-state index in [2.05, 4.69) is 5.32 Å². The van der Waals surface area contributed by atoms with Gasteiger partial charge in [0.2, 0.25) is 0 Å². The average Bonchev–Trinajstić information content (AvgIpc) is 2.69. The summed E-state index contributed by atoms with van der Waals surface area (Å²) in [5, 5.41) is 2.92. The molecule has 0 atom stereocenters. The third kappa shape index (κ3) is 4.63. The zero-order valence-corrected chi connectivity index (χ0v) is 14.6. The highest BCUT2D eigenvalue weighted by Crippen LogP contribution is 2.27. The Kier molecular flexibility index (Phi) is 5.88. The fourth-order valence-electron chi connectivity index (χ4n) is 2.60. The van der Waals surface area contributed by atoms with Crippen LogP contribution in [0.4, 0.5) is 5.69 Å². The van der Waals surface area contributed by atoms with Crippen LogP contribution >= 0.6 is 0 Å². The average molecular weight is 347 g/mol. The van der Waals surface area contributed by atoms with Gasteiger partial charge in [0.1, 0.15) is 11.5 Å². The Bertz CT molecular complexity index is 845. The van der Waals surface area contributed by atoms with Gasteiger partial charge in [0.05, 0.1) is 6.61 Å². The second kappa shape index (κ2) is 8.72. The molecule has 0 saturated carbocycles. The minimum Gasteiger partial charge on any atom is -0.494 e. The summed E-state index contributed by atoms with van der Waals surface area (Å²) < 4.78 is 10.9. The first-order valence-electron chi connectivity index (χ1n) is 8.56. The minimum absolute atomic E-state index is 0.0584. The van der Waals surface area contributed by atoms with Crippen LogP contribution in [0.1, 0.15) is 6.92 Å². The van der Waals surface area contributed by atoms with E-state index in [9.17, 15) is 4.79 Å². The molecule has 3 rings (SSSR count). The van der Waals surface area contributed by atoms with E-state index in [1.807, 2.05) is 73.7 Å². The molecule has 26 heavy (non-hydrogen) atoms. The predicted molar refractivity (Wildman–Crippen MR) is 104 cm³/mol. The molecule has 1 N–H and O–H groups in total. The van der Waals surface area contributed by atoms with Gasteiger partial charge in [0.15, 0.2) is 6.61 Å². The quantitative estimate of drug-likeness (QED) is 0.670. The van der Waals surface area contributed by atoms with Crippen LogP contribution in [-0.4, -0.2) is 19.1 Å². The van der Waals surface area contributed by atoms with Gasteiger partial charge in [0, 0.05) is 11.3 Å². The maximum absolute atomic E-state index is 12.3. The van der Waals surface area contributed by atoms with Crippen molar-refractivity contribution in [3.8, 4) is 22.6 Å². The number of carbonyl (C=O) groups is 1. The van der Waals surface area contributed by atoms with E-state index in [4.69, 9.17) is 9.47 Å². The van der Waals surface area contributed by atoms with Crippen molar-refractivity contribution in [1.29, 1.82) is 0 Å². The smallest absolute Gasteiger partial charge is 0.262 e. The molecule has 4 nitrogen and oxygen atoms in total. The zero-order valence-electron chi connectivity index (χ0n) is 14.6. The molecule has 0 saturated heterocycles. The number of anilines is 1. The van der Waals surface area contributed by atoms with Crippen molar-refractivity contribution in [3.05, 3.63) is 78.9 Å². The molecule has 0 bridgehead atoms. The molecule has 0 heterocycles. The molecule has 3 aromatic carbocycles. The highest BCUT2D eigenvalue weighted by Gasteiger charge is 2.09. The van der Waals surface area contributed by atoms with E-state index in [1.54, 1.807) is 12.1 Å². The molecular weight excluding hydrogens is 326 g/mol. The van der Waals surface area contributed by atoms with Crippen LogP contribution in [0.5, 0.6) is 11.5 Å². The number of rotatable bonds is 7. The molecule has 0 aliphatic carbocycles. The third-order valence-electron chi connectivity index (χ3n) is 3.79. The molecule has 0 aliphatic rings. The standard InChI is InChI=1S/C22H21NO3/c1-2-25-18-12-14-19(15-13-18)26-16-22(24)23-21-11-7-6-10-20(21)17-8-4-3-5-9-17/h3-15H,2,16H2,1H3,(H,23,24). The van der Waals surface area contributed by atoms with E-state index in [1.165, 1.54) is 0 Å². The second-order valence-corrected chi connectivity index (χ2v) is 5.65. The summed E-state index contributed by atoms with van der Waals surface area (Å²) in [6.45, 7) is 2.49. The van der Waals surface area contributed by atoms with E-state index >= 15 is 0 Å². The van der Waals surface area contributed by atoms with Crippen molar-refractivity contribution in [2.45, 2.75) is 6.92 Å². The number of hydrogen-bond donors (Lipinski definition) is 1. The Morgan fingerprint density at radius 2 is 1.42 bits per heavy atom. The Hall–Kier alpha value is -3.27. The summed E-state index contributed by atoms with van der Waals surface area (Å²) in [6.07, 6.45) is 0. The number of carbonyl (C=O) groups excluding carboxylic acids is 1. The molecule has 1 amide bonds. The zero-order chi connectivity index (χ0) is 18.2. The van der Waals surface area contributed by atoms with Crippen LogP contribution in [0.15, 0.2) is 78.9 Å². The van der Waals surface area contributed by atoms with Crippen LogP contribution in [-0.2, 0) is 4.79 Å². The molecule has 0 fully saturated rings. The lowest BCUT2D eigenvalue weighted by atomic mass is 10.0. The number of ether oxygens (including phenoxy) is 2. The van der Waals surface area contributed by atoms with Gasteiger partial charge in [0.25, 0.3) is 5.91 Å². The van der Waals surface area contributed by atoms with Crippen LogP contribution < -0.4 is 14.8 Å². The van der Waals surface area contributed by atoms with Crippen molar-refractivity contribution in [2.75, 3.05) is 18.5 Å². The highest BCUT2D eigenvalue weighted by atomic mass is 16.5. The summed E-state index contributed by atoms with van der Waals surface area (Å²) in [4.78, 5) is 12.3. The van der Waals surface area contributed by atoms with Crippen molar-refractivity contribution < 1.29 is 14.3 Å². The second-order valence-electron chi connectivity index (χ2n) is 5.65. The normalized spacial score (nSPS) is 10.2. The first-order chi connectivity index (χ1) is 12.8. The van der Waals surface area contributed by atoms with Crippen LogP contribution in [0.3, 0.4) is 0 Å². The van der Waals surface area contributed by atoms with Gasteiger partial charge in [-0.25, -0.2) is 0 Å². The molecular formula is C22H21NO3. The van der Waals surface area contributed by atoms with Crippen LogP contribution in [0.2, 0.25) is 0 Å². The number of amides is 1. The molecule has 132 valence electrons.